The van der Waals surface area contributed by atoms with E-state index in [1.165, 1.54) is 0 Å². The highest BCUT2D eigenvalue weighted by molar-refractivity contribution is 5.85. The van der Waals surface area contributed by atoms with Gasteiger partial charge in [-0.1, -0.05) is 49.4 Å². The molecule has 0 heterocycles. The first kappa shape index (κ1) is 22.0. The van der Waals surface area contributed by atoms with Gasteiger partial charge in [0.2, 0.25) is 5.91 Å². The minimum absolute atomic E-state index is 0. The molecule has 5 nitrogen and oxygen atoms in total. The van der Waals surface area contributed by atoms with Gasteiger partial charge in [0.05, 0.1) is 12.5 Å². The third-order valence-electron chi connectivity index (χ3n) is 4.08. The van der Waals surface area contributed by atoms with Crippen LogP contribution in [0.4, 0.5) is 0 Å². The lowest BCUT2D eigenvalue weighted by Gasteiger charge is -2.20. The predicted molar refractivity (Wildman–Crippen MR) is 105 cm³/mol. The lowest BCUT2D eigenvalue weighted by atomic mass is 9.94. The molecule has 0 spiro atoms. The fourth-order valence-electron chi connectivity index (χ4n) is 2.42. The number of carbonyl (C=O) groups is 1. The Labute approximate surface area is 161 Å². The van der Waals surface area contributed by atoms with Crippen LogP contribution in [0.5, 0.6) is 5.75 Å². The van der Waals surface area contributed by atoms with Gasteiger partial charge in [-0.05, 0) is 23.3 Å². The Morgan fingerprint density at radius 1 is 1.08 bits per heavy atom. The first-order valence-corrected chi connectivity index (χ1v) is 8.40. The van der Waals surface area contributed by atoms with Crippen LogP contribution in [0.15, 0.2) is 54.6 Å². The Morgan fingerprint density at radius 3 is 2.35 bits per heavy atom. The molecule has 26 heavy (non-hydrogen) atoms. The molecule has 2 atom stereocenters. The van der Waals surface area contributed by atoms with Gasteiger partial charge >= 0.3 is 0 Å². The molecular weight excluding hydrogens is 352 g/mol. The van der Waals surface area contributed by atoms with Crippen molar-refractivity contribution in [2.45, 2.75) is 19.5 Å². The minimum atomic E-state index is -0.322. The van der Waals surface area contributed by atoms with Gasteiger partial charge < -0.3 is 20.5 Å². The Morgan fingerprint density at radius 2 is 1.73 bits per heavy atom. The highest BCUT2D eigenvalue weighted by Crippen LogP contribution is 2.19. The van der Waals surface area contributed by atoms with E-state index in [4.69, 9.17) is 15.2 Å². The van der Waals surface area contributed by atoms with Crippen molar-refractivity contribution in [3.63, 3.8) is 0 Å². The molecule has 0 aliphatic rings. The van der Waals surface area contributed by atoms with Gasteiger partial charge in [-0.2, -0.15) is 0 Å². The average Bonchev–Trinajstić information content (AvgIpc) is 2.66. The highest BCUT2D eigenvalue weighted by atomic mass is 35.5. The third-order valence-corrected chi connectivity index (χ3v) is 4.08. The van der Waals surface area contributed by atoms with Gasteiger partial charge in [-0.15, -0.1) is 12.4 Å². The molecule has 2 aromatic rings. The topological polar surface area (TPSA) is 73.6 Å². The van der Waals surface area contributed by atoms with E-state index in [0.29, 0.717) is 19.8 Å². The number of hydrogen-bond acceptors (Lipinski definition) is 4. The lowest BCUT2D eigenvalue weighted by molar-refractivity contribution is -0.125. The van der Waals surface area contributed by atoms with Crippen molar-refractivity contribution in [2.24, 2.45) is 11.7 Å². The summed E-state index contributed by atoms with van der Waals surface area (Å²) in [6.45, 7) is 3.38. The largest absolute Gasteiger partial charge is 0.491 e. The van der Waals surface area contributed by atoms with Crippen LogP contribution in [0.2, 0.25) is 0 Å². The second-order valence-corrected chi connectivity index (χ2v) is 5.93. The number of hydrogen-bond donors (Lipinski definition) is 2. The number of nitrogens with one attached hydrogen (secondary N) is 1. The van der Waals surface area contributed by atoms with Crippen LogP contribution < -0.4 is 15.8 Å². The van der Waals surface area contributed by atoms with Gasteiger partial charge in [0, 0.05) is 19.7 Å². The van der Waals surface area contributed by atoms with E-state index >= 15 is 0 Å². The maximum atomic E-state index is 12.3. The summed E-state index contributed by atoms with van der Waals surface area (Å²) in [5.41, 5.74) is 8.17. The molecule has 2 aromatic carbocycles. The Balaban J connectivity index is 0.00000338. The van der Waals surface area contributed by atoms with E-state index in [0.717, 1.165) is 16.9 Å². The molecule has 0 aromatic heterocycles. The van der Waals surface area contributed by atoms with E-state index < -0.39 is 0 Å². The van der Waals surface area contributed by atoms with Crippen molar-refractivity contribution in [1.29, 1.82) is 0 Å². The van der Waals surface area contributed by atoms with Gasteiger partial charge in [-0.25, -0.2) is 0 Å². The van der Waals surface area contributed by atoms with Crippen molar-refractivity contribution >= 4 is 18.3 Å². The first-order chi connectivity index (χ1) is 12.1. The smallest absolute Gasteiger partial charge is 0.225 e. The molecule has 0 bridgehead atoms. The van der Waals surface area contributed by atoms with Gasteiger partial charge in [0.15, 0.2) is 0 Å². The van der Waals surface area contributed by atoms with E-state index in [1.54, 1.807) is 7.11 Å². The molecule has 6 heteroatoms. The molecule has 2 unspecified atom stereocenters. The molecule has 2 rings (SSSR count). The number of rotatable bonds is 9. The standard InChI is InChI=1S/C20H26N2O3.ClH/c1-15(19(21)17-6-4-3-5-7-17)20(23)22-14-16-8-10-18(11-9-16)25-13-12-24-2;/h3-11,15,19H,12-14,21H2,1-2H3,(H,22,23);1H. The summed E-state index contributed by atoms with van der Waals surface area (Å²) in [4.78, 5) is 12.3. The van der Waals surface area contributed by atoms with Gasteiger partial charge in [-0.3, -0.25) is 4.79 Å². The quantitative estimate of drug-likeness (QED) is 0.657. The van der Waals surface area contributed by atoms with Crippen LogP contribution in [0.3, 0.4) is 0 Å². The molecule has 0 fully saturated rings. The van der Waals surface area contributed by atoms with Gasteiger partial charge in [0.25, 0.3) is 0 Å². The van der Waals surface area contributed by atoms with E-state index in [9.17, 15) is 4.79 Å². The number of benzene rings is 2. The number of nitrogens with two attached hydrogens (primary N) is 1. The number of amides is 1. The molecule has 142 valence electrons. The van der Waals surface area contributed by atoms with Crippen molar-refractivity contribution < 1.29 is 14.3 Å². The van der Waals surface area contributed by atoms with Crippen molar-refractivity contribution in [3.05, 3.63) is 65.7 Å². The number of halogens is 1. The molecule has 0 saturated carbocycles. The number of methoxy groups -OCH3 is 1. The third kappa shape index (κ3) is 6.67. The lowest BCUT2D eigenvalue weighted by Crippen LogP contribution is -2.35. The molecule has 0 aliphatic heterocycles. The first-order valence-electron chi connectivity index (χ1n) is 8.40. The minimum Gasteiger partial charge on any atom is -0.491 e. The zero-order valence-electron chi connectivity index (χ0n) is 15.2. The maximum Gasteiger partial charge on any atom is 0.225 e. The zero-order chi connectivity index (χ0) is 18.1. The fraction of sp³-hybridized carbons (Fsp3) is 0.350. The summed E-state index contributed by atoms with van der Waals surface area (Å²) in [6.07, 6.45) is 0. The monoisotopic (exact) mass is 378 g/mol. The van der Waals surface area contributed by atoms with E-state index in [-0.39, 0.29) is 30.3 Å². The van der Waals surface area contributed by atoms with E-state index in [1.807, 2.05) is 61.5 Å². The van der Waals surface area contributed by atoms with Gasteiger partial charge in [0.1, 0.15) is 12.4 Å². The molecular formula is C20H27ClN2O3. The number of carbonyl (C=O) groups excluding carboxylic acids is 1. The highest BCUT2D eigenvalue weighted by Gasteiger charge is 2.21. The summed E-state index contributed by atoms with van der Waals surface area (Å²) in [5, 5.41) is 2.94. The molecule has 3 N–H and O–H groups in total. The van der Waals surface area contributed by atoms with Crippen molar-refractivity contribution in [2.75, 3.05) is 20.3 Å². The van der Waals surface area contributed by atoms with Crippen LogP contribution in [0.1, 0.15) is 24.1 Å². The van der Waals surface area contributed by atoms with Crippen molar-refractivity contribution in [1.82, 2.24) is 5.32 Å². The summed E-state index contributed by atoms with van der Waals surface area (Å²) < 4.78 is 10.5. The molecule has 0 aliphatic carbocycles. The molecule has 0 radical (unpaired) electrons. The Bertz CT molecular complexity index is 650. The Hall–Kier alpha value is -2.08. The summed E-state index contributed by atoms with van der Waals surface area (Å²) in [6, 6.07) is 17.0. The summed E-state index contributed by atoms with van der Waals surface area (Å²) in [7, 11) is 1.64. The normalized spacial score (nSPS) is 12.6. The number of ether oxygens (including phenoxy) is 2. The summed E-state index contributed by atoms with van der Waals surface area (Å²) >= 11 is 0. The summed E-state index contributed by atoms with van der Waals surface area (Å²) in [5.74, 6) is 0.419. The van der Waals surface area contributed by atoms with Crippen LogP contribution in [0, 0.1) is 5.92 Å². The zero-order valence-corrected chi connectivity index (χ0v) is 16.0. The van der Waals surface area contributed by atoms with Crippen LogP contribution in [-0.4, -0.2) is 26.2 Å². The van der Waals surface area contributed by atoms with Crippen LogP contribution >= 0.6 is 12.4 Å². The van der Waals surface area contributed by atoms with E-state index in [2.05, 4.69) is 5.32 Å². The van der Waals surface area contributed by atoms with Crippen LogP contribution in [0.25, 0.3) is 0 Å². The second kappa shape index (κ2) is 11.5. The van der Waals surface area contributed by atoms with Crippen molar-refractivity contribution in [3.8, 4) is 5.75 Å². The second-order valence-electron chi connectivity index (χ2n) is 5.93. The maximum absolute atomic E-state index is 12.3. The fourth-order valence-corrected chi connectivity index (χ4v) is 2.42. The molecule has 0 saturated heterocycles. The Kier molecular flexibility index (Phi) is 9.73. The average molecular weight is 379 g/mol. The molecule has 1 amide bonds. The SMILES string of the molecule is COCCOc1ccc(CNC(=O)C(C)C(N)c2ccccc2)cc1.Cl. The predicted octanol–water partition coefficient (Wildman–Crippen LogP) is 3.09. The van der Waals surface area contributed by atoms with Crippen LogP contribution in [-0.2, 0) is 16.1 Å².